The number of benzene rings is 2. The Kier molecular flexibility index (Phi) is 4.19. The van der Waals surface area contributed by atoms with Gasteiger partial charge in [0.25, 0.3) is 5.56 Å². The summed E-state index contributed by atoms with van der Waals surface area (Å²) in [6.45, 7) is 1.90. The number of carbonyl (C=O) groups excluding carboxylic acids is 1. The molecule has 0 unspecified atom stereocenters. The fourth-order valence-electron chi connectivity index (χ4n) is 3.19. The van der Waals surface area contributed by atoms with Crippen LogP contribution in [0.4, 0.5) is 5.69 Å². The van der Waals surface area contributed by atoms with E-state index in [4.69, 9.17) is 10.5 Å². The van der Waals surface area contributed by atoms with Crippen molar-refractivity contribution in [3.8, 4) is 22.6 Å². The zero-order valence-electron chi connectivity index (χ0n) is 15.4. The van der Waals surface area contributed by atoms with E-state index in [1.165, 1.54) is 11.8 Å². The average Bonchev–Trinajstić information content (AvgIpc) is 3.04. The fourth-order valence-corrected chi connectivity index (χ4v) is 3.19. The van der Waals surface area contributed by atoms with Crippen LogP contribution in [-0.2, 0) is 4.74 Å². The van der Waals surface area contributed by atoms with Crippen molar-refractivity contribution in [1.29, 1.82) is 0 Å². The summed E-state index contributed by atoms with van der Waals surface area (Å²) >= 11 is 0. The number of rotatable bonds is 3. The second-order valence-corrected chi connectivity index (χ2v) is 6.40. The molecule has 2 heterocycles. The van der Waals surface area contributed by atoms with E-state index in [1.807, 2.05) is 43.3 Å². The number of anilines is 1. The maximum absolute atomic E-state index is 13.1. The molecule has 0 atom stereocenters. The summed E-state index contributed by atoms with van der Waals surface area (Å²) in [7, 11) is 1.29. The number of aryl methyl sites for hydroxylation is 1. The molecule has 0 amide bonds. The van der Waals surface area contributed by atoms with E-state index in [1.54, 1.807) is 29.1 Å². The van der Waals surface area contributed by atoms with E-state index in [9.17, 15) is 9.59 Å². The standard InChI is InChI=1S/C21H18N4O3/c1-13-7-3-5-9-17(13)25-20(26)14-11-24(18-10-6-4-8-16(18)22)12-15(19(14)23-25)21(27)28-2/h3-12H,22H2,1-2H3. The lowest BCUT2D eigenvalue weighted by molar-refractivity contribution is 0.0600. The Balaban J connectivity index is 2.04. The molecular weight excluding hydrogens is 356 g/mol. The van der Waals surface area contributed by atoms with Gasteiger partial charge in [-0.05, 0) is 30.7 Å². The highest BCUT2D eigenvalue weighted by molar-refractivity contribution is 5.96. The molecule has 0 bridgehead atoms. The third kappa shape index (κ3) is 2.73. The van der Waals surface area contributed by atoms with Crippen LogP contribution in [0.15, 0.2) is 65.7 Å². The van der Waals surface area contributed by atoms with Crippen LogP contribution in [-0.4, -0.2) is 27.4 Å². The summed E-state index contributed by atoms with van der Waals surface area (Å²) in [5.41, 5.74) is 9.24. The molecule has 140 valence electrons. The molecule has 28 heavy (non-hydrogen) atoms. The van der Waals surface area contributed by atoms with Crippen LogP contribution in [0.3, 0.4) is 0 Å². The van der Waals surface area contributed by atoms with Gasteiger partial charge in [0.1, 0.15) is 11.3 Å². The first-order chi connectivity index (χ1) is 13.5. The lowest BCUT2D eigenvalue weighted by Gasteiger charge is -2.13. The van der Waals surface area contributed by atoms with E-state index >= 15 is 0 Å². The Bertz CT molecular complexity index is 1220. The van der Waals surface area contributed by atoms with Crippen LogP contribution >= 0.6 is 0 Å². The van der Waals surface area contributed by atoms with Crippen molar-refractivity contribution in [2.75, 3.05) is 12.8 Å². The Morgan fingerprint density at radius 1 is 1.04 bits per heavy atom. The van der Waals surface area contributed by atoms with Gasteiger partial charge < -0.3 is 15.0 Å². The number of aromatic nitrogens is 3. The number of nitrogens with zero attached hydrogens (tertiary/aromatic N) is 3. The first kappa shape index (κ1) is 17.5. The van der Waals surface area contributed by atoms with Gasteiger partial charge in [-0.25, -0.2) is 4.79 Å². The lowest BCUT2D eigenvalue weighted by Crippen LogP contribution is -2.16. The van der Waals surface area contributed by atoms with E-state index < -0.39 is 5.97 Å². The number of esters is 1. The summed E-state index contributed by atoms with van der Waals surface area (Å²) in [4.78, 5) is 25.5. The van der Waals surface area contributed by atoms with Crippen LogP contribution in [0.5, 0.6) is 0 Å². The molecule has 0 aromatic heterocycles. The monoisotopic (exact) mass is 374 g/mol. The van der Waals surface area contributed by atoms with E-state index in [0.29, 0.717) is 22.6 Å². The Hall–Kier alpha value is -3.87. The van der Waals surface area contributed by atoms with Crippen molar-refractivity contribution in [2.24, 2.45) is 0 Å². The van der Waals surface area contributed by atoms with Gasteiger partial charge in [-0.2, -0.15) is 9.78 Å². The normalized spacial score (nSPS) is 10.9. The minimum absolute atomic E-state index is 0.188. The number of carbonyl (C=O) groups is 1. The summed E-state index contributed by atoms with van der Waals surface area (Å²) in [6.07, 6.45) is 3.21. The maximum Gasteiger partial charge on any atom is 0.341 e. The smallest absolute Gasteiger partial charge is 0.341 e. The van der Waals surface area contributed by atoms with E-state index in [0.717, 1.165) is 5.56 Å². The number of hydrogen-bond acceptors (Lipinski definition) is 5. The third-order valence-corrected chi connectivity index (χ3v) is 4.63. The largest absolute Gasteiger partial charge is 0.465 e. The molecule has 0 aliphatic carbocycles. The lowest BCUT2D eigenvalue weighted by atomic mass is 10.1. The first-order valence-corrected chi connectivity index (χ1v) is 8.65. The Labute approximate surface area is 160 Å². The van der Waals surface area contributed by atoms with Gasteiger partial charge in [0, 0.05) is 12.4 Å². The number of pyridine rings is 1. The summed E-state index contributed by atoms with van der Waals surface area (Å²) in [5, 5.41) is 4.43. The number of hydrogen-bond donors (Lipinski definition) is 1. The van der Waals surface area contributed by atoms with Gasteiger partial charge >= 0.3 is 5.97 Å². The van der Waals surface area contributed by atoms with Gasteiger partial charge in [-0.15, -0.1) is 0 Å². The van der Waals surface area contributed by atoms with Gasteiger partial charge in [0.05, 0.1) is 29.7 Å². The van der Waals surface area contributed by atoms with E-state index in [2.05, 4.69) is 5.10 Å². The van der Waals surface area contributed by atoms with Gasteiger partial charge in [0.15, 0.2) is 0 Å². The molecule has 2 N–H and O–H groups in total. The highest BCUT2D eigenvalue weighted by atomic mass is 16.5. The first-order valence-electron chi connectivity index (χ1n) is 8.65. The average molecular weight is 374 g/mol. The van der Waals surface area contributed by atoms with Crippen molar-refractivity contribution in [2.45, 2.75) is 6.92 Å². The molecule has 7 heteroatoms. The van der Waals surface area contributed by atoms with E-state index in [-0.39, 0.29) is 16.8 Å². The second kappa shape index (κ2) is 6.70. The van der Waals surface area contributed by atoms with Gasteiger partial charge in [0.2, 0.25) is 0 Å². The molecular formula is C21H18N4O3. The summed E-state index contributed by atoms with van der Waals surface area (Å²) in [5.74, 6) is -0.580. The number of para-hydroxylation sites is 3. The quantitative estimate of drug-likeness (QED) is 0.440. The molecule has 2 aromatic carbocycles. The topological polar surface area (TPSA) is 92.1 Å². The molecule has 4 rings (SSSR count). The molecule has 0 fully saturated rings. The van der Waals surface area contributed by atoms with Gasteiger partial charge in [-0.3, -0.25) is 4.79 Å². The molecule has 2 aliphatic rings. The minimum Gasteiger partial charge on any atom is -0.465 e. The predicted molar refractivity (Wildman–Crippen MR) is 106 cm³/mol. The molecule has 2 aliphatic heterocycles. The number of nitrogens with two attached hydrogens (primary N) is 1. The molecule has 7 nitrogen and oxygen atoms in total. The number of ether oxygens (including phenoxy) is 1. The summed E-state index contributed by atoms with van der Waals surface area (Å²) in [6, 6.07) is 14.6. The fraction of sp³-hybridized carbons (Fsp3) is 0.0952. The minimum atomic E-state index is -0.580. The number of methoxy groups -OCH3 is 1. The Morgan fingerprint density at radius 2 is 1.71 bits per heavy atom. The van der Waals surface area contributed by atoms with Crippen LogP contribution in [0.1, 0.15) is 15.9 Å². The van der Waals surface area contributed by atoms with Crippen molar-refractivity contribution in [1.82, 2.24) is 14.3 Å². The van der Waals surface area contributed by atoms with Crippen molar-refractivity contribution in [3.05, 3.63) is 82.4 Å². The second-order valence-electron chi connectivity index (χ2n) is 6.40. The van der Waals surface area contributed by atoms with Crippen LogP contribution in [0.2, 0.25) is 0 Å². The maximum atomic E-state index is 13.1. The number of fused-ring (bicyclic) bond motifs is 1. The highest BCUT2D eigenvalue weighted by Crippen LogP contribution is 2.27. The van der Waals surface area contributed by atoms with Gasteiger partial charge in [-0.1, -0.05) is 30.3 Å². The third-order valence-electron chi connectivity index (χ3n) is 4.63. The summed E-state index contributed by atoms with van der Waals surface area (Å²) < 4.78 is 7.87. The molecule has 0 spiro atoms. The zero-order chi connectivity index (χ0) is 19.8. The molecule has 0 saturated heterocycles. The molecule has 2 aromatic rings. The van der Waals surface area contributed by atoms with Crippen molar-refractivity contribution in [3.63, 3.8) is 0 Å². The molecule has 0 saturated carbocycles. The van der Waals surface area contributed by atoms with Crippen molar-refractivity contribution < 1.29 is 9.53 Å². The molecule has 0 radical (unpaired) electrons. The highest BCUT2D eigenvalue weighted by Gasteiger charge is 2.25. The Morgan fingerprint density at radius 3 is 2.39 bits per heavy atom. The van der Waals surface area contributed by atoms with Crippen LogP contribution < -0.4 is 11.3 Å². The number of nitrogen functional groups attached to an aromatic ring is 1. The van der Waals surface area contributed by atoms with Crippen molar-refractivity contribution >= 4 is 11.7 Å². The predicted octanol–water partition coefficient (Wildman–Crippen LogP) is 2.81. The van der Waals surface area contributed by atoms with Crippen LogP contribution in [0.25, 0.3) is 22.6 Å². The van der Waals surface area contributed by atoms with Crippen LogP contribution in [0, 0.1) is 6.92 Å². The zero-order valence-corrected chi connectivity index (χ0v) is 15.4. The SMILES string of the molecule is COC(=O)c1cn(-c2ccccc2N)cc2c(=O)n(-c3ccccc3C)nc1-2.